The number of hydrogen-bond acceptors (Lipinski definition) is 4. The summed E-state index contributed by atoms with van der Waals surface area (Å²) < 4.78 is 16.3. The van der Waals surface area contributed by atoms with E-state index in [4.69, 9.17) is 17.3 Å². The number of aromatic nitrogens is 3. The second-order valence-electron chi connectivity index (χ2n) is 5.53. The van der Waals surface area contributed by atoms with Crippen LogP contribution >= 0.6 is 11.6 Å². The number of hydrogen-bond donors (Lipinski definition) is 1. The molecule has 128 valence electrons. The highest BCUT2D eigenvalue weighted by atomic mass is 35.5. The molecule has 0 aliphatic rings. The molecule has 0 aliphatic carbocycles. The molecule has 0 bridgehead atoms. The first kappa shape index (κ1) is 17.3. The van der Waals surface area contributed by atoms with Gasteiger partial charge in [0.15, 0.2) is 11.6 Å². The third-order valence-corrected chi connectivity index (χ3v) is 4.25. The molecule has 0 radical (unpaired) electrons. The largest absolute Gasteiger partial charge is 0.324 e. The lowest BCUT2D eigenvalue weighted by Crippen LogP contribution is -2.15. The van der Waals surface area contributed by atoms with Gasteiger partial charge >= 0.3 is 0 Å². The van der Waals surface area contributed by atoms with Crippen LogP contribution in [-0.2, 0) is 0 Å². The Morgan fingerprint density at radius 2 is 2.16 bits per heavy atom. The number of ketones is 1. The lowest BCUT2D eigenvalue weighted by molar-refractivity contribution is 0.103. The summed E-state index contributed by atoms with van der Waals surface area (Å²) in [5, 5.41) is 4.11. The molecule has 1 atom stereocenters. The average Bonchev–Trinajstić information content (AvgIpc) is 3.16. The van der Waals surface area contributed by atoms with E-state index in [1.807, 2.05) is 6.92 Å². The van der Waals surface area contributed by atoms with Gasteiger partial charge in [0.05, 0.1) is 10.6 Å². The van der Waals surface area contributed by atoms with Crippen molar-refractivity contribution in [1.29, 1.82) is 0 Å². The number of nitrogens with zero attached hydrogens (tertiary/aromatic N) is 3. The van der Waals surface area contributed by atoms with E-state index in [2.05, 4.69) is 10.1 Å². The highest BCUT2D eigenvalue weighted by Crippen LogP contribution is 2.28. The second-order valence-corrected chi connectivity index (χ2v) is 5.93. The Morgan fingerprint density at radius 3 is 2.76 bits per heavy atom. The minimum Gasteiger partial charge on any atom is -0.324 e. The molecule has 0 amide bonds. The predicted molar refractivity (Wildman–Crippen MR) is 93.4 cm³/mol. The van der Waals surface area contributed by atoms with Crippen LogP contribution in [0.1, 0.15) is 40.9 Å². The van der Waals surface area contributed by atoms with E-state index in [-0.39, 0.29) is 21.7 Å². The SMILES string of the molecule is CC[C@@H](N)c1ccc(Cl)c(C(=O)c2ccc(-n3cccn3)nc2)c1F. The monoisotopic (exact) mass is 358 g/mol. The van der Waals surface area contributed by atoms with E-state index in [1.165, 1.54) is 18.3 Å². The highest BCUT2D eigenvalue weighted by molar-refractivity contribution is 6.35. The van der Waals surface area contributed by atoms with Gasteiger partial charge in [-0.25, -0.2) is 14.1 Å². The van der Waals surface area contributed by atoms with Crippen LogP contribution < -0.4 is 5.73 Å². The van der Waals surface area contributed by atoms with Crippen molar-refractivity contribution in [3.8, 4) is 5.82 Å². The molecule has 2 aromatic heterocycles. The van der Waals surface area contributed by atoms with Crippen molar-refractivity contribution in [3.63, 3.8) is 0 Å². The van der Waals surface area contributed by atoms with Gasteiger partial charge in [-0.15, -0.1) is 0 Å². The fourth-order valence-electron chi connectivity index (χ4n) is 2.49. The Labute approximate surface area is 149 Å². The van der Waals surface area contributed by atoms with Gasteiger partial charge in [0.1, 0.15) is 5.82 Å². The molecule has 5 nitrogen and oxygen atoms in total. The van der Waals surface area contributed by atoms with Crippen LogP contribution in [0.4, 0.5) is 4.39 Å². The normalized spacial score (nSPS) is 12.2. The molecular formula is C18H16ClFN4O. The first-order valence-corrected chi connectivity index (χ1v) is 8.15. The molecule has 0 saturated heterocycles. The van der Waals surface area contributed by atoms with E-state index in [1.54, 1.807) is 35.3 Å². The minimum atomic E-state index is -0.678. The lowest BCUT2D eigenvalue weighted by atomic mass is 9.97. The zero-order valence-electron chi connectivity index (χ0n) is 13.5. The Balaban J connectivity index is 1.98. The molecule has 7 heteroatoms. The van der Waals surface area contributed by atoms with Gasteiger partial charge in [0.2, 0.25) is 0 Å². The number of carbonyl (C=O) groups is 1. The molecule has 1 aromatic carbocycles. The van der Waals surface area contributed by atoms with Gasteiger partial charge in [-0.05, 0) is 30.7 Å². The maximum atomic E-state index is 14.8. The zero-order chi connectivity index (χ0) is 18.0. The van der Waals surface area contributed by atoms with Crippen molar-refractivity contribution in [2.75, 3.05) is 0 Å². The third-order valence-electron chi connectivity index (χ3n) is 3.94. The molecule has 3 rings (SSSR count). The zero-order valence-corrected chi connectivity index (χ0v) is 14.2. The van der Waals surface area contributed by atoms with Crippen molar-refractivity contribution in [1.82, 2.24) is 14.8 Å². The molecule has 0 saturated carbocycles. The fraction of sp³-hybridized carbons (Fsp3) is 0.167. The minimum absolute atomic E-state index is 0.0469. The van der Waals surface area contributed by atoms with E-state index in [0.717, 1.165) is 0 Å². The fourth-order valence-corrected chi connectivity index (χ4v) is 2.72. The van der Waals surface area contributed by atoms with Gasteiger partial charge < -0.3 is 5.73 Å². The number of carbonyl (C=O) groups excluding carboxylic acids is 1. The summed E-state index contributed by atoms with van der Waals surface area (Å²) >= 11 is 6.07. The molecule has 25 heavy (non-hydrogen) atoms. The van der Waals surface area contributed by atoms with E-state index in [9.17, 15) is 9.18 Å². The highest BCUT2D eigenvalue weighted by Gasteiger charge is 2.23. The summed E-state index contributed by atoms with van der Waals surface area (Å²) in [4.78, 5) is 16.9. The summed E-state index contributed by atoms with van der Waals surface area (Å²) in [7, 11) is 0. The van der Waals surface area contributed by atoms with Crippen molar-refractivity contribution in [2.24, 2.45) is 5.73 Å². The lowest BCUT2D eigenvalue weighted by Gasteiger charge is -2.14. The molecule has 0 unspecified atom stereocenters. The summed E-state index contributed by atoms with van der Waals surface area (Å²) in [5.74, 6) is -0.662. The number of benzene rings is 1. The molecule has 3 aromatic rings. The van der Waals surface area contributed by atoms with Crippen molar-refractivity contribution >= 4 is 17.4 Å². The second kappa shape index (κ2) is 7.13. The maximum Gasteiger partial charge on any atom is 0.199 e. The van der Waals surface area contributed by atoms with Gasteiger partial charge in [0.25, 0.3) is 0 Å². The molecule has 2 N–H and O–H groups in total. The third kappa shape index (κ3) is 3.31. The van der Waals surface area contributed by atoms with E-state index < -0.39 is 17.6 Å². The van der Waals surface area contributed by atoms with Gasteiger partial charge in [-0.1, -0.05) is 24.6 Å². The van der Waals surface area contributed by atoms with Crippen molar-refractivity contribution in [2.45, 2.75) is 19.4 Å². The number of nitrogens with two attached hydrogens (primary N) is 1. The summed E-state index contributed by atoms with van der Waals surface area (Å²) in [5.41, 5.74) is 6.24. The summed E-state index contributed by atoms with van der Waals surface area (Å²) in [6, 6.07) is 7.47. The number of halogens is 2. The first-order valence-electron chi connectivity index (χ1n) is 7.77. The maximum absolute atomic E-state index is 14.8. The number of pyridine rings is 1. The molecule has 0 spiro atoms. The molecule has 0 aliphatic heterocycles. The van der Waals surface area contributed by atoms with E-state index in [0.29, 0.717) is 12.2 Å². The predicted octanol–water partition coefficient (Wildman–Crippen LogP) is 3.70. The van der Waals surface area contributed by atoms with Crippen LogP contribution in [0.5, 0.6) is 0 Å². The Hall–Kier alpha value is -2.57. The smallest absolute Gasteiger partial charge is 0.199 e. The van der Waals surface area contributed by atoms with Crippen molar-refractivity contribution in [3.05, 3.63) is 76.5 Å². The van der Waals surface area contributed by atoms with Crippen LogP contribution in [0.15, 0.2) is 48.9 Å². The quantitative estimate of drug-likeness (QED) is 0.706. The van der Waals surface area contributed by atoms with Crippen LogP contribution in [0, 0.1) is 5.82 Å². The van der Waals surface area contributed by atoms with Gasteiger partial charge in [-0.3, -0.25) is 4.79 Å². The van der Waals surface area contributed by atoms with Crippen molar-refractivity contribution < 1.29 is 9.18 Å². The van der Waals surface area contributed by atoms with Crippen LogP contribution in [0.3, 0.4) is 0 Å². The molecule has 0 fully saturated rings. The Kier molecular flexibility index (Phi) is 4.92. The summed E-state index contributed by atoms with van der Waals surface area (Å²) in [6.07, 6.45) is 5.28. The first-order chi connectivity index (χ1) is 12.0. The molecular weight excluding hydrogens is 343 g/mol. The van der Waals surface area contributed by atoms with E-state index >= 15 is 0 Å². The Bertz CT molecular complexity index is 894. The molecule has 2 heterocycles. The van der Waals surface area contributed by atoms with Gasteiger partial charge in [0, 0.05) is 35.8 Å². The summed E-state index contributed by atoms with van der Waals surface area (Å²) in [6.45, 7) is 1.85. The van der Waals surface area contributed by atoms with Crippen LogP contribution in [0.25, 0.3) is 5.82 Å². The average molecular weight is 359 g/mol. The van der Waals surface area contributed by atoms with Gasteiger partial charge in [-0.2, -0.15) is 5.10 Å². The topological polar surface area (TPSA) is 73.8 Å². The Morgan fingerprint density at radius 1 is 1.36 bits per heavy atom. The number of rotatable bonds is 5. The standard InChI is InChI=1S/C18H16ClFN4O/c1-2-14(21)12-5-6-13(19)16(17(12)20)18(25)11-4-7-15(22-10-11)24-9-3-8-23-24/h3-10,14H,2,21H2,1H3/t14-/m1/s1. The van der Waals surface area contributed by atoms with Crippen LogP contribution in [-0.4, -0.2) is 20.5 Å². The van der Waals surface area contributed by atoms with Crippen LogP contribution in [0.2, 0.25) is 5.02 Å².